The van der Waals surface area contributed by atoms with Crippen LogP contribution in [0, 0.1) is 0 Å². The minimum absolute atomic E-state index is 0.0565. The van der Waals surface area contributed by atoms with Gasteiger partial charge in [-0.1, -0.05) is 6.42 Å². The Kier molecular flexibility index (Phi) is 4.49. The first kappa shape index (κ1) is 15.9. The standard InChI is InChI=1S/C20H28N2O2/c1-2-24-19-10-6-14(7-11-19)20(23)21-15-12-17-4-3-5-18(13-15)22(17)16-8-9-16/h6-7,10-11,15-18H,2-5,8-9,12-13H2,1H3,(H,21,23)/t17-,18-/m0/s1. The lowest BCUT2D eigenvalue weighted by atomic mass is 9.81. The maximum absolute atomic E-state index is 12.6. The Hall–Kier alpha value is -1.55. The highest BCUT2D eigenvalue weighted by atomic mass is 16.5. The molecule has 1 aliphatic carbocycles. The number of ether oxygens (including phenoxy) is 1. The number of carbonyl (C=O) groups excluding carboxylic acids is 1. The third-order valence-electron chi connectivity index (χ3n) is 5.76. The molecule has 4 nitrogen and oxygen atoms in total. The molecule has 2 bridgehead atoms. The van der Waals surface area contributed by atoms with E-state index in [-0.39, 0.29) is 5.91 Å². The number of hydrogen-bond acceptors (Lipinski definition) is 3. The quantitative estimate of drug-likeness (QED) is 0.901. The molecule has 0 radical (unpaired) electrons. The summed E-state index contributed by atoms with van der Waals surface area (Å²) < 4.78 is 5.44. The van der Waals surface area contributed by atoms with Gasteiger partial charge in [0.2, 0.25) is 0 Å². The molecule has 2 atom stereocenters. The van der Waals surface area contributed by atoms with E-state index in [1.807, 2.05) is 31.2 Å². The minimum Gasteiger partial charge on any atom is -0.494 e. The number of benzene rings is 1. The molecule has 1 amide bonds. The van der Waals surface area contributed by atoms with Crippen LogP contribution < -0.4 is 10.1 Å². The second-order valence-electron chi connectivity index (χ2n) is 7.52. The third kappa shape index (κ3) is 3.30. The van der Waals surface area contributed by atoms with Gasteiger partial charge in [0.15, 0.2) is 0 Å². The van der Waals surface area contributed by atoms with Crippen LogP contribution in [0.15, 0.2) is 24.3 Å². The summed E-state index contributed by atoms with van der Waals surface area (Å²) in [6, 6.07) is 10.0. The summed E-state index contributed by atoms with van der Waals surface area (Å²) in [5.74, 6) is 0.877. The first-order chi connectivity index (χ1) is 11.7. The molecule has 3 fully saturated rings. The third-order valence-corrected chi connectivity index (χ3v) is 5.76. The Morgan fingerprint density at radius 1 is 1.08 bits per heavy atom. The monoisotopic (exact) mass is 328 g/mol. The zero-order valence-corrected chi connectivity index (χ0v) is 14.5. The van der Waals surface area contributed by atoms with Crippen molar-refractivity contribution in [2.45, 2.75) is 76.0 Å². The van der Waals surface area contributed by atoms with Gasteiger partial charge in [0.05, 0.1) is 6.61 Å². The van der Waals surface area contributed by atoms with Crippen LogP contribution in [-0.2, 0) is 0 Å². The first-order valence-electron chi connectivity index (χ1n) is 9.55. The molecule has 1 aromatic rings. The van der Waals surface area contributed by atoms with Crippen molar-refractivity contribution in [3.8, 4) is 5.75 Å². The molecule has 4 rings (SSSR count). The van der Waals surface area contributed by atoms with Gasteiger partial charge < -0.3 is 10.1 Å². The number of nitrogens with zero attached hydrogens (tertiary/aromatic N) is 1. The lowest BCUT2D eigenvalue weighted by Crippen LogP contribution is -2.57. The summed E-state index contributed by atoms with van der Waals surface area (Å²) in [5, 5.41) is 3.29. The smallest absolute Gasteiger partial charge is 0.251 e. The maximum Gasteiger partial charge on any atom is 0.251 e. The highest BCUT2D eigenvalue weighted by Gasteiger charge is 2.45. The van der Waals surface area contributed by atoms with Gasteiger partial charge in [-0.25, -0.2) is 0 Å². The van der Waals surface area contributed by atoms with E-state index in [1.54, 1.807) is 0 Å². The second-order valence-corrected chi connectivity index (χ2v) is 7.52. The van der Waals surface area contributed by atoms with Crippen LogP contribution in [0.5, 0.6) is 5.75 Å². The molecule has 1 saturated carbocycles. The Morgan fingerprint density at radius 2 is 1.75 bits per heavy atom. The summed E-state index contributed by atoms with van der Waals surface area (Å²) in [7, 11) is 0. The number of fused-ring (bicyclic) bond motifs is 2. The van der Waals surface area contributed by atoms with Crippen LogP contribution in [0.1, 0.15) is 62.2 Å². The van der Waals surface area contributed by atoms with Gasteiger partial charge in [-0.15, -0.1) is 0 Å². The number of amides is 1. The van der Waals surface area contributed by atoms with E-state index in [0.717, 1.165) is 30.2 Å². The Morgan fingerprint density at radius 3 is 2.33 bits per heavy atom. The number of hydrogen-bond donors (Lipinski definition) is 1. The fourth-order valence-corrected chi connectivity index (χ4v) is 4.64. The first-order valence-corrected chi connectivity index (χ1v) is 9.55. The summed E-state index contributed by atoms with van der Waals surface area (Å²) in [6.45, 7) is 2.61. The highest BCUT2D eigenvalue weighted by molar-refractivity contribution is 5.94. The minimum atomic E-state index is 0.0565. The molecule has 2 heterocycles. The zero-order chi connectivity index (χ0) is 16.5. The van der Waals surface area contributed by atoms with Gasteiger partial charge in [-0.3, -0.25) is 9.69 Å². The van der Waals surface area contributed by atoms with E-state index in [0.29, 0.717) is 24.7 Å². The van der Waals surface area contributed by atoms with E-state index in [9.17, 15) is 4.79 Å². The molecule has 1 N–H and O–H groups in total. The van der Waals surface area contributed by atoms with Gasteiger partial charge in [-0.2, -0.15) is 0 Å². The van der Waals surface area contributed by atoms with Crippen molar-refractivity contribution in [3.63, 3.8) is 0 Å². The summed E-state index contributed by atoms with van der Waals surface area (Å²) in [6.07, 6.45) is 8.99. The largest absolute Gasteiger partial charge is 0.494 e. The number of rotatable bonds is 5. The van der Waals surface area contributed by atoms with E-state index >= 15 is 0 Å². The van der Waals surface area contributed by atoms with Crippen molar-refractivity contribution < 1.29 is 9.53 Å². The topological polar surface area (TPSA) is 41.6 Å². The molecular formula is C20H28N2O2. The van der Waals surface area contributed by atoms with Crippen LogP contribution in [0.3, 0.4) is 0 Å². The normalized spacial score (nSPS) is 30.0. The molecule has 0 unspecified atom stereocenters. The van der Waals surface area contributed by atoms with Gasteiger partial charge in [0, 0.05) is 29.7 Å². The predicted molar refractivity (Wildman–Crippen MR) is 94.4 cm³/mol. The molecule has 4 heteroatoms. The van der Waals surface area contributed by atoms with Crippen molar-refractivity contribution in [3.05, 3.63) is 29.8 Å². The van der Waals surface area contributed by atoms with E-state index in [2.05, 4.69) is 10.2 Å². The van der Waals surface area contributed by atoms with Crippen molar-refractivity contribution in [2.24, 2.45) is 0 Å². The van der Waals surface area contributed by atoms with Crippen LogP contribution in [-0.4, -0.2) is 41.6 Å². The van der Waals surface area contributed by atoms with E-state index in [1.165, 1.54) is 32.1 Å². The van der Waals surface area contributed by atoms with Crippen molar-refractivity contribution in [2.75, 3.05) is 6.61 Å². The molecule has 3 aliphatic rings. The molecule has 1 aromatic carbocycles. The average Bonchev–Trinajstić information content (AvgIpc) is 3.40. The fourth-order valence-electron chi connectivity index (χ4n) is 4.64. The van der Waals surface area contributed by atoms with E-state index in [4.69, 9.17) is 4.74 Å². The number of piperidine rings is 2. The van der Waals surface area contributed by atoms with Crippen molar-refractivity contribution in [1.29, 1.82) is 0 Å². The van der Waals surface area contributed by atoms with E-state index < -0.39 is 0 Å². The summed E-state index contributed by atoms with van der Waals surface area (Å²) in [4.78, 5) is 15.4. The molecule has 24 heavy (non-hydrogen) atoms. The highest BCUT2D eigenvalue weighted by Crippen LogP contribution is 2.41. The lowest BCUT2D eigenvalue weighted by Gasteiger charge is -2.49. The average molecular weight is 328 g/mol. The molecule has 2 saturated heterocycles. The van der Waals surface area contributed by atoms with Crippen LogP contribution in [0.4, 0.5) is 0 Å². The molecule has 2 aliphatic heterocycles. The maximum atomic E-state index is 12.6. The van der Waals surface area contributed by atoms with Gasteiger partial charge in [0.1, 0.15) is 5.75 Å². The van der Waals surface area contributed by atoms with Gasteiger partial charge in [-0.05, 0) is 69.7 Å². The number of nitrogens with one attached hydrogen (secondary N) is 1. The fraction of sp³-hybridized carbons (Fsp3) is 0.650. The van der Waals surface area contributed by atoms with Crippen LogP contribution in [0.25, 0.3) is 0 Å². The second kappa shape index (κ2) is 6.75. The van der Waals surface area contributed by atoms with Gasteiger partial charge >= 0.3 is 0 Å². The van der Waals surface area contributed by atoms with Crippen molar-refractivity contribution >= 4 is 5.91 Å². The molecular weight excluding hydrogens is 300 g/mol. The lowest BCUT2D eigenvalue weighted by molar-refractivity contribution is 0.0175. The molecule has 0 aromatic heterocycles. The molecule has 0 spiro atoms. The molecule has 130 valence electrons. The van der Waals surface area contributed by atoms with Gasteiger partial charge in [0.25, 0.3) is 5.91 Å². The predicted octanol–water partition coefficient (Wildman–Crippen LogP) is 3.36. The number of carbonyl (C=O) groups is 1. The van der Waals surface area contributed by atoms with Crippen molar-refractivity contribution in [1.82, 2.24) is 10.2 Å². The Bertz CT molecular complexity index is 568. The Balaban J connectivity index is 1.37. The SMILES string of the molecule is CCOc1ccc(C(=O)NC2C[C@@H]3CCC[C@@H](C2)N3C2CC2)cc1. The summed E-state index contributed by atoms with van der Waals surface area (Å²) >= 11 is 0. The van der Waals surface area contributed by atoms with Crippen LogP contribution in [0.2, 0.25) is 0 Å². The zero-order valence-electron chi connectivity index (χ0n) is 14.5. The Labute approximate surface area is 144 Å². The summed E-state index contributed by atoms with van der Waals surface area (Å²) in [5.41, 5.74) is 0.730. The van der Waals surface area contributed by atoms with Crippen LogP contribution >= 0.6 is 0 Å².